The van der Waals surface area contributed by atoms with Crippen LogP contribution in [0.3, 0.4) is 0 Å². The highest BCUT2D eigenvalue weighted by Gasteiger charge is 2.18. The molecule has 7 heteroatoms. The van der Waals surface area contributed by atoms with E-state index >= 15 is 0 Å². The average Bonchev–Trinajstić information content (AvgIpc) is 2.40. The summed E-state index contributed by atoms with van der Waals surface area (Å²) in [6.07, 6.45) is 1.81. The van der Waals surface area contributed by atoms with E-state index in [1.807, 2.05) is 6.07 Å². The smallest absolute Gasteiger partial charge is 0.126 e. The Morgan fingerprint density at radius 2 is 2.00 bits per heavy atom. The predicted molar refractivity (Wildman–Crippen MR) is 79.8 cm³/mol. The van der Waals surface area contributed by atoms with Gasteiger partial charge in [-0.1, -0.05) is 0 Å². The zero-order valence-electron chi connectivity index (χ0n) is 10.2. The van der Waals surface area contributed by atoms with Crippen LogP contribution in [0.15, 0.2) is 39.4 Å². The van der Waals surface area contributed by atoms with Crippen LogP contribution in [0.1, 0.15) is 17.3 Å². The molecule has 3 N–H and O–H groups in total. The molecule has 0 fully saturated rings. The van der Waals surface area contributed by atoms with E-state index in [0.29, 0.717) is 5.69 Å². The topological polar surface area (TPSA) is 50.9 Å². The zero-order chi connectivity index (χ0) is 14.7. The van der Waals surface area contributed by atoms with Crippen molar-refractivity contribution in [2.24, 2.45) is 5.84 Å². The second-order valence-corrected chi connectivity index (χ2v) is 5.95. The van der Waals surface area contributed by atoms with Gasteiger partial charge in [-0.2, -0.15) is 0 Å². The predicted octanol–water partition coefficient (Wildman–Crippen LogP) is 3.63. The normalized spacial score (nSPS) is 12.4. The fourth-order valence-corrected chi connectivity index (χ4v) is 3.10. The lowest BCUT2D eigenvalue weighted by Gasteiger charge is -2.17. The summed E-state index contributed by atoms with van der Waals surface area (Å²) < 4.78 is 28.4. The second-order valence-electron chi connectivity index (χ2n) is 4.18. The molecule has 0 spiro atoms. The van der Waals surface area contributed by atoms with Crippen molar-refractivity contribution in [2.45, 2.75) is 12.5 Å². The van der Waals surface area contributed by atoms with Gasteiger partial charge in [0, 0.05) is 15.1 Å². The molecule has 1 aromatic carbocycles. The molecule has 1 atom stereocenters. The van der Waals surface area contributed by atoms with E-state index in [-0.39, 0.29) is 12.0 Å². The van der Waals surface area contributed by atoms with Crippen LogP contribution in [0.4, 0.5) is 8.78 Å². The number of nitrogens with two attached hydrogens (primary N) is 1. The number of aromatic nitrogens is 1. The first-order valence-electron chi connectivity index (χ1n) is 5.72. The Morgan fingerprint density at radius 3 is 2.65 bits per heavy atom. The van der Waals surface area contributed by atoms with E-state index in [4.69, 9.17) is 5.84 Å². The van der Waals surface area contributed by atoms with E-state index in [2.05, 4.69) is 42.3 Å². The monoisotopic (exact) mass is 405 g/mol. The average molecular weight is 407 g/mol. The van der Waals surface area contributed by atoms with Crippen molar-refractivity contribution in [2.75, 3.05) is 0 Å². The minimum atomic E-state index is -0.486. The number of pyridine rings is 1. The molecule has 0 amide bonds. The molecule has 0 radical (unpaired) electrons. The standard InChI is InChI=1S/C13H11Br2F2N3/c14-8-5-10(15)13(19-6-8)12(20-18)4-7-3-9(16)1-2-11(7)17/h1-3,5-6,12,20H,4,18H2. The maximum absolute atomic E-state index is 13.7. The molecule has 20 heavy (non-hydrogen) atoms. The SMILES string of the molecule is NNC(Cc1cc(F)ccc1F)c1ncc(Br)cc1Br. The van der Waals surface area contributed by atoms with E-state index in [9.17, 15) is 8.78 Å². The summed E-state index contributed by atoms with van der Waals surface area (Å²) in [5, 5.41) is 0. The van der Waals surface area contributed by atoms with Crippen LogP contribution in [0.5, 0.6) is 0 Å². The molecule has 106 valence electrons. The van der Waals surface area contributed by atoms with Crippen molar-refractivity contribution in [3.05, 3.63) is 62.3 Å². The maximum atomic E-state index is 13.7. The lowest BCUT2D eigenvalue weighted by atomic mass is 10.0. The van der Waals surface area contributed by atoms with Crippen LogP contribution in [0.25, 0.3) is 0 Å². The largest absolute Gasteiger partial charge is 0.271 e. The van der Waals surface area contributed by atoms with E-state index in [0.717, 1.165) is 27.1 Å². The molecule has 0 aliphatic carbocycles. The molecule has 0 bridgehead atoms. The van der Waals surface area contributed by atoms with Crippen LogP contribution >= 0.6 is 31.9 Å². The summed E-state index contributed by atoms with van der Waals surface area (Å²) >= 11 is 6.68. The van der Waals surface area contributed by atoms with E-state index in [1.54, 1.807) is 6.20 Å². The quantitative estimate of drug-likeness (QED) is 0.602. The molecule has 0 saturated carbocycles. The van der Waals surface area contributed by atoms with Crippen molar-refractivity contribution in [1.29, 1.82) is 0 Å². The molecule has 3 nitrogen and oxygen atoms in total. The van der Waals surface area contributed by atoms with Gasteiger partial charge in [-0.15, -0.1) is 0 Å². The first kappa shape index (κ1) is 15.5. The van der Waals surface area contributed by atoms with Crippen LogP contribution in [0.2, 0.25) is 0 Å². The molecule has 2 rings (SSSR count). The molecule has 0 saturated heterocycles. The molecule has 1 heterocycles. The first-order valence-corrected chi connectivity index (χ1v) is 7.31. The fourth-order valence-electron chi connectivity index (χ4n) is 1.84. The number of benzene rings is 1. The lowest BCUT2D eigenvalue weighted by molar-refractivity contribution is 0.512. The van der Waals surface area contributed by atoms with E-state index < -0.39 is 17.7 Å². The van der Waals surface area contributed by atoms with Gasteiger partial charge >= 0.3 is 0 Å². The highest BCUT2D eigenvalue weighted by atomic mass is 79.9. The minimum absolute atomic E-state index is 0.188. The second kappa shape index (κ2) is 6.71. The third-order valence-corrected chi connectivity index (χ3v) is 3.87. The van der Waals surface area contributed by atoms with Gasteiger partial charge in [0.05, 0.1) is 11.7 Å². The number of nitrogens with zero attached hydrogens (tertiary/aromatic N) is 1. The molecule has 1 aromatic heterocycles. The van der Waals surface area contributed by atoms with Crippen molar-refractivity contribution in [3.8, 4) is 0 Å². The Kier molecular flexibility index (Phi) is 5.20. The van der Waals surface area contributed by atoms with Gasteiger partial charge in [0.1, 0.15) is 11.6 Å². The minimum Gasteiger partial charge on any atom is -0.271 e. The molecule has 1 unspecified atom stereocenters. The Morgan fingerprint density at radius 1 is 1.25 bits per heavy atom. The number of hydrazine groups is 1. The van der Waals surface area contributed by atoms with Gasteiger partial charge in [0.2, 0.25) is 0 Å². The Labute approximate surface area is 131 Å². The Bertz CT molecular complexity index is 623. The van der Waals surface area contributed by atoms with Crippen molar-refractivity contribution < 1.29 is 8.78 Å². The van der Waals surface area contributed by atoms with Crippen molar-refractivity contribution in [3.63, 3.8) is 0 Å². The summed E-state index contributed by atoms with van der Waals surface area (Å²) in [6, 6.07) is 4.72. The van der Waals surface area contributed by atoms with Gasteiger partial charge in [-0.25, -0.2) is 8.78 Å². The maximum Gasteiger partial charge on any atom is 0.126 e. The van der Waals surface area contributed by atoms with Gasteiger partial charge in [0.15, 0.2) is 0 Å². The third-order valence-electron chi connectivity index (χ3n) is 2.80. The van der Waals surface area contributed by atoms with Crippen LogP contribution in [-0.2, 0) is 6.42 Å². The summed E-state index contributed by atoms with van der Waals surface area (Å²) in [7, 11) is 0. The number of hydrogen-bond donors (Lipinski definition) is 2. The lowest BCUT2D eigenvalue weighted by Crippen LogP contribution is -2.30. The summed E-state index contributed by atoms with van der Waals surface area (Å²) in [4.78, 5) is 4.24. The fraction of sp³-hybridized carbons (Fsp3) is 0.154. The summed E-state index contributed by atoms with van der Waals surface area (Å²) in [5.74, 6) is 4.55. The van der Waals surface area contributed by atoms with Gasteiger partial charge < -0.3 is 0 Å². The number of rotatable bonds is 4. The summed E-state index contributed by atoms with van der Waals surface area (Å²) in [6.45, 7) is 0. The molecular formula is C13H11Br2F2N3. The molecule has 2 aromatic rings. The molecule has 0 aliphatic rings. The van der Waals surface area contributed by atoms with Gasteiger partial charge in [-0.3, -0.25) is 16.3 Å². The Balaban J connectivity index is 2.31. The van der Waals surface area contributed by atoms with Crippen LogP contribution < -0.4 is 11.3 Å². The Hall–Kier alpha value is -0.890. The molecular weight excluding hydrogens is 396 g/mol. The zero-order valence-corrected chi connectivity index (χ0v) is 13.4. The highest BCUT2D eigenvalue weighted by Crippen LogP contribution is 2.27. The molecule has 0 aliphatic heterocycles. The van der Waals surface area contributed by atoms with Gasteiger partial charge in [0.25, 0.3) is 0 Å². The van der Waals surface area contributed by atoms with Crippen LogP contribution in [0, 0.1) is 11.6 Å². The number of halogens is 4. The number of hydrogen-bond acceptors (Lipinski definition) is 3. The van der Waals surface area contributed by atoms with Gasteiger partial charge in [-0.05, 0) is 68.1 Å². The van der Waals surface area contributed by atoms with E-state index in [1.165, 1.54) is 0 Å². The van der Waals surface area contributed by atoms with Crippen molar-refractivity contribution in [1.82, 2.24) is 10.4 Å². The first-order chi connectivity index (χ1) is 9.51. The summed E-state index contributed by atoms with van der Waals surface area (Å²) in [5.41, 5.74) is 3.44. The third kappa shape index (κ3) is 3.60. The van der Waals surface area contributed by atoms with Crippen LogP contribution in [-0.4, -0.2) is 4.98 Å². The number of nitrogens with one attached hydrogen (secondary N) is 1. The van der Waals surface area contributed by atoms with Crippen molar-refractivity contribution >= 4 is 31.9 Å². The highest BCUT2D eigenvalue weighted by molar-refractivity contribution is 9.11.